The van der Waals surface area contributed by atoms with E-state index in [0.29, 0.717) is 18.0 Å². The number of carbonyl (C=O) groups excluding carboxylic acids is 1. The summed E-state index contributed by atoms with van der Waals surface area (Å²) in [5.74, 6) is 0.650. The van der Waals surface area contributed by atoms with Crippen LogP contribution in [-0.2, 0) is 4.74 Å². The Hall–Kier alpha value is -1.92. The molecule has 106 valence electrons. The molecule has 1 N–H and O–H groups in total. The first-order chi connectivity index (χ1) is 8.81. The van der Waals surface area contributed by atoms with Gasteiger partial charge in [-0.25, -0.2) is 4.79 Å². The zero-order chi connectivity index (χ0) is 14.5. The van der Waals surface area contributed by atoms with Crippen molar-refractivity contribution in [2.24, 2.45) is 0 Å². The quantitative estimate of drug-likeness (QED) is 0.916. The predicted molar refractivity (Wildman–Crippen MR) is 63.4 cm³/mol. The summed E-state index contributed by atoms with van der Waals surface area (Å²) in [7, 11) is 0. The number of anilines is 1. The number of aryl methyl sites for hydroxylation is 1. The Morgan fingerprint density at radius 2 is 2.05 bits per heavy atom. The summed E-state index contributed by atoms with van der Waals surface area (Å²) in [6.07, 6.45) is -5.69. The van der Waals surface area contributed by atoms with Crippen LogP contribution in [0.3, 0.4) is 0 Å². The summed E-state index contributed by atoms with van der Waals surface area (Å²) in [5, 5.41) is 2.21. The van der Waals surface area contributed by atoms with Crippen molar-refractivity contribution in [3.63, 3.8) is 0 Å². The van der Waals surface area contributed by atoms with Gasteiger partial charge in [0.1, 0.15) is 5.75 Å². The van der Waals surface area contributed by atoms with E-state index in [1.807, 2.05) is 6.92 Å². The van der Waals surface area contributed by atoms with Gasteiger partial charge in [-0.2, -0.15) is 13.2 Å². The minimum absolute atomic E-state index is 0.341. The average molecular weight is 277 g/mol. The van der Waals surface area contributed by atoms with Crippen LogP contribution in [0.2, 0.25) is 0 Å². The van der Waals surface area contributed by atoms with Crippen LogP contribution in [0, 0.1) is 6.92 Å². The molecule has 7 heteroatoms. The number of benzene rings is 1. The molecule has 0 radical (unpaired) electrons. The monoisotopic (exact) mass is 277 g/mol. The van der Waals surface area contributed by atoms with E-state index >= 15 is 0 Å². The molecule has 0 aliphatic carbocycles. The molecule has 1 amide bonds. The smallest absolute Gasteiger partial charge is 0.422 e. The highest BCUT2D eigenvalue weighted by molar-refractivity contribution is 5.84. The second kappa shape index (κ2) is 6.31. The van der Waals surface area contributed by atoms with E-state index in [9.17, 15) is 18.0 Å². The van der Waals surface area contributed by atoms with Gasteiger partial charge in [0.25, 0.3) is 0 Å². The molecular weight excluding hydrogens is 263 g/mol. The number of nitrogens with one attached hydrogen (secondary N) is 1. The number of hydrogen-bond donors (Lipinski definition) is 1. The number of carbonyl (C=O) groups is 1. The molecule has 4 nitrogen and oxygen atoms in total. The number of hydrogen-bond acceptors (Lipinski definition) is 3. The molecule has 0 aliphatic rings. The fraction of sp³-hybridized carbons (Fsp3) is 0.417. The normalized spacial score (nSPS) is 11.0. The van der Waals surface area contributed by atoms with Crippen molar-refractivity contribution < 1.29 is 27.4 Å². The van der Waals surface area contributed by atoms with Crippen LogP contribution in [0.4, 0.5) is 23.7 Å². The minimum Gasteiger partial charge on any atom is -0.494 e. The van der Waals surface area contributed by atoms with E-state index in [0.717, 1.165) is 5.56 Å². The molecule has 1 rings (SSSR count). The topological polar surface area (TPSA) is 47.6 Å². The molecule has 0 fully saturated rings. The molecule has 0 saturated heterocycles. The minimum atomic E-state index is -4.54. The molecule has 0 spiro atoms. The lowest BCUT2D eigenvalue weighted by atomic mass is 10.2. The molecule has 0 heterocycles. The van der Waals surface area contributed by atoms with Crippen molar-refractivity contribution in [1.82, 2.24) is 0 Å². The van der Waals surface area contributed by atoms with Crippen molar-refractivity contribution in [2.75, 3.05) is 18.5 Å². The standard InChI is InChI=1S/C12H14F3NO3/c1-3-18-10-5-4-9(6-8(10)2)16-11(17)19-7-12(13,14)15/h4-6H,3,7H2,1-2H3,(H,16,17). The lowest BCUT2D eigenvalue weighted by Gasteiger charge is -2.11. The van der Waals surface area contributed by atoms with Crippen LogP contribution in [0.5, 0.6) is 5.75 Å². The lowest BCUT2D eigenvalue weighted by Crippen LogP contribution is -2.23. The van der Waals surface area contributed by atoms with E-state index in [1.54, 1.807) is 19.1 Å². The first-order valence-electron chi connectivity index (χ1n) is 5.56. The van der Waals surface area contributed by atoms with Crippen LogP contribution in [-0.4, -0.2) is 25.5 Å². The van der Waals surface area contributed by atoms with Crippen molar-refractivity contribution in [3.8, 4) is 5.75 Å². The molecule has 1 aromatic carbocycles. The van der Waals surface area contributed by atoms with Crippen molar-refractivity contribution in [2.45, 2.75) is 20.0 Å². The second-order valence-electron chi connectivity index (χ2n) is 3.73. The fourth-order valence-electron chi connectivity index (χ4n) is 1.35. The molecule has 0 bridgehead atoms. The van der Waals surface area contributed by atoms with Gasteiger partial charge in [0, 0.05) is 5.69 Å². The van der Waals surface area contributed by atoms with E-state index < -0.39 is 18.9 Å². The lowest BCUT2D eigenvalue weighted by molar-refractivity contribution is -0.159. The molecule has 19 heavy (non-hydrogen) atoms. The van der Waals surface area contributed by atoms with Crippen LogP contribution in [0.25, 0.3) is 0 Å². The third-order valence-electron chi connectivity index (χ3n) is 2.09. The fourth-order valence-corrected chi connectivity index (χ4v) is 1.35. The Kier molecular flexibility index (Phi) is 5.02. The first-order valence-corrected chi connectivity index (χ1v) is 5.56. The van der Waals surface area contributed by atoms with Crippen LogP contribution in [0.1, 0.15) is 12.5 Å². The maximum atomic E-state index is 11.8. The highest BCUT2D eigenvalue weighted by Crippen LogP contribution is 2.22. The summed E-state index contributed by atoms with van der Waals surface area (Å²) in [6, 6.07) is 4.73. The number of rotatable bonds is 4. The average Bonchev–Trinajstić information content (AvgIpc) is 2.29. The van der Waals surface area contributed by atoms with Crippen molar-refractivity contribution >= 4 is 11.8 Å². The predicted octanol–water partition coefficient (Wildman–Crippen LogP) is 3.50. The molecule has 0 aromatic heterocycles. The van der Waals surface area contributed by atoms with E-state index in [1.165, 1.54) is 6.07 Å². The number of ether oxygens (including phenoxy) is 2. The van der Waals surface area contributed by atoms with Gasteiger partial charge in [-0.15, -0.1) is 0 Å². The summed E-state index contributed by atoms with van der Waals surface area (Å²) < 4.78 is 44.8. The maximum absolute atomic E-state index is 11.8. The molecule has 1 aromatic rings. The highest BCUT2D eigenvalue weighted by atomic mass is 19.4. The highest BCUT2D eigenvalue weighted by Gasteiger charge is 2.29. The Morgan fingerprint density at radius 3 is 2.58 bits per heavy atom. The van der Waals surface area contributed by atoms with Gasteiger partial charge in [0.2, 0.25) is 0 Å². The van der Waals surface area contributed by atoms with Gasteiger partial charge in [0.05, 0.1) is 6.61 Å². The number of halogens is 3. The zero-order valence-electron chi connectivity index (χ0n) is 10.5. The molecule has 0 saturated carbocycles. The van der Waals surface area contributed by atoms with E-state index in [-0.39, 0.29) is 0 Å². The Morgan fingerprint density at radius 1 is 1.37 bits per heavy atom. The third-order valence-corrected chi connectivity index (χ3v) is 2.09. The maximum Gasteiger partial charge on any atom is 0.422 e. The summed E-state index contributed by atoms with van der Waals surface area (Å²) in [5.41, 5.74) is 1.10. The van der Waals surface area contributed by atoms with Gasteiger partial charge in [-0.1, -0.05) is 0 Å². The molecule has 0 atom stereocenters. The van der Waals surface area contributed by atoms with Gasteiger partial charge in [-0.05, 0) is 37.6 Å². The summed E-state index contributed by atoms with van der Waals surface area (Å²) >= 11 is 0. The largest absolute Gasteiger partial charge is 0.494 e. The molecular formula is C12H14F3NO3. The van der Waals surface area contributed by atoms with Gasteiger partial charge < -0.3 is 9.47 Å². The SMILES string of the molecule is CCOc1ccc(NC(=O)OCC(F)(F)F)cc1C. The Labute approximate surface area is 108 Å². The van der Waals surface area contributed by atoms with Crippen molar-refractivity contribution in [3.05, 3.63) is 23.8 Å². The second-order valence-corrected chi connectivity index (χ2v) is 3.73. The molecule has 0 unspecified atom stereocenters. The molecule has 0 aliphatic heterocycles. The van der Waals surface area contributed by atoms with Crippen molar-refractivity contribution in [1.29, 1.82) is 0 Å². The van der Waals surface area contributed by atoms with Gasteiger partial charge in [-0.3, -0.25) is 5.32 Å². The summed E-state index contributed by atoms with van der Waals surface area (Å²) in [6.45, 7) is 2.48. The Bertz CT molecular complexity index is 446. The van der Waals surface area contributed by atoms with Gasteiger partial charge >= 0.3 is 12.3 Å². The number of amides is 1. The van der Waals surface area contributed by atoms with Crippen LogP contribution >= 0.6 is 0 Å². The first kappa shape index (κ1) is 15.1. The van der Waals surface area contributed by atoms with Gasteiger partial charge in [0.15, 0.2) is 6.61 Å². The third kappa shape index (κ3) is 5.50. The number of alkyl halides is 3. The van der Waals surface area contributed by atoms with Crippen LogP contribution < -0.4 is 10.1 Å². The zero-order valence-corrected chi connectivity index (χ0v) is 10.5. The van der Waals surface area contributed by atoms with E-state index in [2.05, 4.69) is 10.1 Å². The summed E-state index contributed by atoms with van der Waals surface area (Å²) in [4.78, 5) is 11.1. The van der Waals surface area contributed by atoms with E-state index in [4.69, 9.17) is 4.74 Å². The Balaban J connectivity index is 2.58. The van der Waals surface area contributed by atoms with Crippen LogP contribution in [0.15, 0.2) is 18.2 Å².